The summed E-state index contributed by atoms with van der Waals surface area (Å²) >= 11 is 11.3. The quantitative estimate of drug-likeness (QED) is 0.600. The molecule has 0 spiro atoms. The van der Waals surface area contributed by atoms with Crippen molar-refractivity contribution in [3.8, 4) is 0 Å². The summed E-state index contributed by atoms with van der Waals surface area (Å²) in [6.45, 7) is 3.49. The molecule has 0 heterocycles. The van der Waals surface area contributed by atoms with Gasteiger partial charge in [0.05, 0.1) is 5.02 Å². The molecule has 1 nitrogen and oxygen atoms in total. The topological polar surface area (TPSA) is 26.0 Å². The molecule has 1 aromatic carbocycles. The van der Waals surface area contributed by atoms with Crippen molar-refractivity contribution in [3.05, 3.63) is 46.2 Å². The van der Waals surface area contributed by atoms with Crippen LogP contribution in [0.3, 0.4) is 0 Å². The largest absolute Gasteiger partial charge is 0.321 e. The van der Waals surface area contributed by atoms with Gasteiger partial charge >= 0.3 is 0 Å². The van der Waals surface area contributed by atoms with E-state index in [4.69, 9.17) is 28.9 Å². The molecule has 0 saturated carbocycles. The van der Waals surface area contributed by atoms with Gasteiger partial charge in [-0.2, -0.15) is 0 Å². The number of nitrogens with two attached hydrogens (primary N) is 1. The summed E-state index contributed by atoms with van der Waals surface area (Å²) in [5.74, 6) is -0.529. The first-order valence-corrected chi connectivity index (χ1v) is 4.34. The van der Waals surface area contributed by atoms with E-state index in [-0.39, 0.29) is 5.02 Å². The van der Waals surface area contributed by atoms with Gasteiger partial charge in [-0.3, -0.25) is 0 Å². The minimum atomic E-state index is -0.529. The highest BCUT2D eigenvalue weighted by molar-refractivity contribution is 6.35. The van der Waals surface area contributed by atoms with Crippen LogP contribution in [0.15, 0.2) is 24.8 Å². The molecule has 0 bridgehead atoms. The highest BCUT2D eigenvalue weighted by Crippen LogP contribution is 2.27. The molecule has 0 fully saturated rings. The summed E-state index contributed by atoms with van der Waals surface area (Å²) in [4.78, 5) is 0. The van der Waals surface area contributed by atoms with E-state index >= 15 is 0 Å². The third-order valence-electron chi connectivity index (χ3n) is 1.65. The molecule has 0 aliphatic heterocycles. The lowest BCUT2D eigenvalue weighted by Crippen LogP contribution is -2.07. The standard InChI is InChI=1S/C9H8Cl2FN/c1-2-9(13)5-3-8(12)7(11)4-6(5)10/h2-4,9H,1,13H2. The van der Waals surface area contributed by atoms with Crippen LogP contribution in [0.5, 0.6) is 0 Å². The number of benzene rings is 1. The van der Waals surface area contributed by atoms with Crippen molar-refractivity contribution in [2.75, 3.05) is 0 Å². The van der Waals surface area contributed by atoms with Gasteiger partial charge in [-0.15, -0.1) is 6.58 Å². The van der Waals surface area contributed by atoms with Crippen LogP contribution in [-0.2, 0) is 0 Å². The minimum Gasteiger partial charge on any atom is -0.321 e. The third-order valence-corrected chi connectivity index (χ3v) is 2.27. The second kappa shape index (κ2) is 4.09. The highest BCUT2D eigenvalue weighted by atomic mass is 35.5. The van der Waals surface area contributed by atoms with Crippen LogP contribution in [-0.4, -0.2) is 0 Å². The van der Waals surface area contributed by atoms with Gasteiger partial charge in [0.15, 0.2) is 0 Å². The van der Waals surface area contributed by atoms with E-state index in [1.54, 1.807) is 0 Å². The van der Waals surface area contributed by atoms with Crippen molar-refractivity contribution in [1.82, 2.24) is 0 Å². The SMILES string of the molecule is C=CC(N)c1cc(F)c(Cl)cc1Cl. The van der Waals surface area contributed by atoms with Crippen LogP contribution in [0, 0.1) is 5.82 Å². The molecular formula is C9H8Cl2FN. The smallest absolute Gasteiger partial charge is 0.142 e. The highest BCUT2D eigenvalue weighted by Gasteiger charge is 2.10. The van der Waals surface area contributed by atoms with Crippen molar-refractivity contribution in [2.45, 2.75) is 6.04 Å². The Hall–Kier alpha value is -0.570. The van der Waals surface area contributed by atoms with E-state index < -0.39 is 11.9 Å². The van der Waals surface area contributed by atoms with Crippen molar-refractivity contribution in [2.24, 2.45) is 5.73 Å². The summed E-state index contributed by atoms with van der Waals surface area (Å²) in [6, 6.07) is 2.08. The van der Waals surface area contributed by atoms with E-state index in [2.05, 4.69) is 6.58 Å². The van der Waals surface area contributed by atoms with E-state index in [1.165, 1.54) is 18.2 Å². The van der Waals surface area contributed by atoms with Gasteiger partial charge < -0.3 is 5.73 Å². The predicted molar refractivity (Wildman–Crippen MR) is 53.5 cm³/mol. The zero-order chi connectivity index (χ0) is 10.0. The van der Waals surface area contributed by atoms with Crippen LogP contribution in [0.25, 0.3) is 0 Å². The molecule has 0 aliphatic rings. The maximum atomic E-state index is 13.0. The minimum absolute atomic E-state index is 0.00925. The van der Waals surface area contributed by atoms with E-state index in [9.17, 15) is 4.39 Å². The van der Waals surface area contributed by atoms with Gasteiger partial charge in [-0.05, 0) is 17.7 Å². The third kappa shape index (κ3) is 2.21. The molecular weight excluding hydrogens is 212 g/mol. The normalized spacial score (nSPS) is 12.6. The van der Waals surface area contributed by atoms with Crippen LogP contribution in [0.4, 0.5) is 4.39 Å². The summed E-state index contributed by atoms with van der Waals surface area (Å²) in [5, 5.41) is 0.337. The summed E-state index contributed by atoms with van der Waals surface area (Å²) < 4.78 is 13.0. The molecule has 1 unspecified atom stereocenters. The lowest BCUT2D eigenvalue weighted by atomic mass is 10.1. The maximum Gasteiger partial charge on any atom is 0.142 e. The fraction of sp³-hybridized carbons (Fsp3) is 0.111. The van der Waals surface area contributed by atoms with Gasteiger partial charge in [0, 0.05) is 11.1 Å². The molecule has 70 valence electrons. The lowest BCUT2D eigenvalue weighted by Gasteiger charge is -2.09. The van der Waals surface area contributed by atoms with Crippen molar-refractivity contribution >= 4 is 23.2 Å². The van der Waals surface area contributed by atoms with E-state index in [0.717, 1.165) is 0 Å². The lowest BCUT2D eigenvalue weighted by molar-refractivity contribution is 0.624. The van der Waals surface area contributed by atoms with Gasteiger partial charge in [-0.1, -0.05) is 29.3 Å². The molecule has 0 aromatic heterocycles. The molecule has 4 heteroatoms. The fourth-order valence-electron chi connectivity index (χ4n) is 0.920. The molecule has 2 N–H and O–H groups in total. The Kier molecular flexibility index (Phi) is 3.31. The number of halogens is 3. The zero-order valence-corrected chi connectivity index (χ0v) is 8.24. The Labute approximate surface area is 85.9 Å². The molecule has 1 atom stereocenters. The zero-order valence-electron chi connectivity index (χ0n) is 6.73. The number of hydrogen-bond donors (Lipinski definition) is 1. The Balaban J connectivity index is 3.22. The monoisotopic (exact) mass is 219 g/mol. The van der Waals surface area contributed by atoms with Crippen molar-refractivity contribution in [3.63, 3.8) is 0 Å². The predicted octanol–water partition coefficient (Wildman–Crippen LogP) is 3.32. The summed E-state index contributed by atoms with van der Waals surface area (Å²) in [6.07, 6.45) is 1.48. The van der Waals surface area contributed by atoms with Crippen molar-refractivity contribution in [1.29, 1.82) is 0 Å². The van der Waals surface area contributed by atoms with Crippen LogP contribution in [0.1, 0.15) is 11.6 Å². The fourth-order valence-corrected chi connectivity index (χ4v) is 1.43. The number of hydrogen-bond acceptors (Lipinski definition) is 1. The van der Waals surface area contributed by atoms with Gasteiger partial charge in [0.25, 0.3) is 0 Å². The Morgan fingerprint density at radius 2 is 2.00 bits per heavy atom. The van der Waals surface area contributed by atoms with Crippen molar-refractivity contribution < 1.29 is 4.39 Å². The molecule has 1 rings (SSSR count). The van der Waals surface area contributed by atoms with Gasteiger partial charge in [0.1, 0.15) is 5.82 Å². The second-order valence-corrected chi connectivity index (χ2v) is 3.36. The maximum absolute atomic E-state index is 13.0. The van der Waals surface area contributed by atoms with Crippen LogP contribution >= 0.6 is 23.2 Å². The van der Waals surface area contributed by atoms with E-state index in [0.29, 0.717) is 10.6 Å². The molecule has 13 heavy (non-hydrogen) atoms. The van der Waals surface area contributed by atoms with Crippen LogP contribution in [0.2, 0.25) is 10.0 Å². The second-order valence-electron chi connectivity index (χ2n) is 2.55. The molecule has 0 saturated heterocycles. The Morgan fingerprint density at radius 3 is 2.54 bits per heavy atom. The average molecular weight is 220 g/mol. The molecule has 0 amide bonds. The number of rotatable bonds is 2. The molecule has 0 aliphatic carbocycles. The molecule has 0 radical (unpaired) electrons. The molecule has 1 aromatic rings. The van der Waals surface area contributed by atoms with Crippen LogP contribution < -0.4 is 5.73 Å². The first-order chi connectivity index (χ1) is 6.06. The van der Waals surface area contributed by atoms with E-state index in [1.807, 2.05) is 0 Å². The Morgan fingerprint density at radius 1 is 1.38 bits per heavy atom. The van der Waals surface area contributed by atoms with Gasteiger partial charge in [-0.25, -0.2) is 4.39 Å². The first-order valence-electron chi connectivity index (χ1n) is 3.59. The summed E-state index contributed by atoms with van der Waals surface area (Å²) in [7, 11) is 0. The average Bonchev–Trinajstić information content (AvgIpc) is 2.10. The summed E-state index contributed by atoms with van der Waals surface area (Å²) in [5.41, 5.74) is 6.09. The van der Waals surface area contributed by atoms with Gasteiger partial charge in [0.2, 0.25) is 0 Å². The first kappa shape index (κ1) is 10.5. The Bertz CT molecular complexity index is 339.